The third-order valence-electron chi connectivity index (χ3n) is 5.41. The molecule has 0 bridgehead atoms. The van der Waals surface area contributed by atoms with Crippen LogP contribution in [-0.2, 0) is 28.5 Å². The Labute approximate surface area is 162 Å². The van der Waals surface area contributed by atoms with Crippen LogP contribution in [0.3, 0.4) is 0 Å². The maximum absolute atomic E-state index is 11.4. The minimum absolute atomic E-state index is 0.0388. The van der Waals surface area contributed by atoms with Gasteiger partial charge < -0.3 is 18.9 Å². The average Bonchev–Trinajstić information content (AvgIpc) is 3.04. The summed E-state index contributed by atoms with van der Waals surface area (Å²) in [4.78, 5) is 22.6. The van der Waals surface area contributed by atoms with Gasteiger partial charge in [0.15, 0.2) is 6.29 Å². The van der Waals surface area contributed by atoms with Crippen LogP contribution < -0.4 is 0 Å². The molecule has 1 saturated carbocycles. The van der Waals surface area contributed by atoms with E-state index in [9.17, 15) is 9.59 Å². The van der Waals surface area contributed by atoms with Crippen LogP contribution in [0.5, 0.6) is 0 Å². The maximum atomic E-state index is 11.4. The predicted octanol–water partition coefficient (Wildman–Crippen LogP) is 3.78. The van der Waals surface area contributed by atoms with Crippen molar-refractivity contribution >= 4 is 11.9 Å². The van der Waals surface area contributed by atoms with E-state index < -0.39 is 0 Å². The van der Waals surface area contributed by atoms with E-state index in [1.165, 1.54) is 14.0 Å². The average molecular weight is 382 g/mol. The summed E-state index contributed by atoms with van der Waals surface area (Å²) in [7, 11) is 1.41. The van der Waals surface area contributed by atoms with Gasteiger partial charge in [-0.05, 0) is 57.3 Å². The minimum Gasteiger partial charge on any atom is -0.469 e. The van der Waals surface area contributed by atoms with Crippen molar-refractivity contribution in [1.29, 1.82) is 0 Å². The highest BCUT2D eigenvalue weighted by molar-refractivity contribution is 5.69. The first-order valence-corrected chi connectivity index (χ1v) is 10.2. The lowest BCUT2D eigenvalue weighted by Gasteiger charge is -2.27. The highest BCUT2D eigenvalue weighted by atomic mass is 16.7. The molecule has 1 heterocycles. The number of carbonyl (C=O) groups excluding carboxylic acids is 2. The number of ether oxygens (including phenoxy) is 4. The molecule has 154 valence electrons. The molecule has 0 aromatic rings. The predicted molar refractivity (Wildman–Crippen MR) is 101 cm³/mol. The number of esters is 2. The van der Waals surface area contributed by atoms with Crippen LogP contribution in [0.1, 0.15) is 64.7 Å². The van der Waals surface area contributed by atoms with Gasteiger partial charge in [-0.1, -0.05) is 12.2 Å². The molecule has 0 N–H and O–H groups in total. The zero-order chi connectivity index (χ0) is 19.5. The van der Waals surface area contributed by atoms with Crippen molar-refractivity contribution in [2.75, 3.05) is 20.3 Å². The topological polar surface area (TPSA) is 71.1 Å². The van der Waals surface area contributed by atoms with E-state index in [-0.39, 0.29) is 30.3 Å². The van der Waals surface area contributed by atoms with E-state index in [0.717, 1.165) is 58.0 Å². The monoisotopic (exact) mass is 382 g/mol. The van der Waals surface area contributed by atoms with Crippen LogP contribution in [0.2, 0.25) is 0 Å². The molecule has 6 heteroatoms. The molecule has 4 atom stereocenters. The van der Waals surface area contributed by atoms with Gasteiger partial charge in [0.05, 0.1) is 13.7 Å². The maximum Gasteiger partial charge on any atom is 0.305 e. The van der Waals surface area contributed by atoms with Gasteiger partial charge in [-0.15, -0.1) is 0 Å². The lowest BCUT2D eigenvalue weighted by molar-refractivity contribution is -0.172. The Morgan fingerprint density at radius 2 is 2.00 bits per heavy atom. The molecule has 2 fully saturated rings. The highest BCUT2D eigenvalue weighted by Crippen LogP contribution is 2.37. The third kappa shape index (κ3) is 8.01. The van der Waals surface area contributed by atoms with Crippen molar-refractivity contribution in [2.24, 2.45) is 11.8 Å². The van der Waals surface area contributed by atoms with Crippen LogP contribution in [0.15, 0.2) is 12.2 Å². The molecule has 0 aromatic carbocycles. The zero-order valence-electron chi connectivity index (χ0n) is 16.7. The quantitative estimate of drug-likeness (QED) is 0.325. The van der Waals surface area contributed by atoms with Gasteiger partial charge in [0.2, 0.25) is 0 Å². The van der Waals surface area contributed by atoms with Crippen molar-refractivity contribution in [3.8, 4) is 0 Å². The van der Waals surface area contributed by atoms with E-state index in [4.69, 9.17) is 14.2 Å². The molecule has 1 aliphatic heterocycles. The van der Waals surface area contributed by atoms with E-state index in [1.807, 2.05) is 0 Å². The second-order valence-corrected chi connectivity index (χ2v) is 7.45. The van der Waals surface area contributed by atoms with E-state index in [2.05, 4.69) is 16.9 Å². The summed E-state index contributed by atoms with van der Waals surface area (Å²) in [6.45, 7) is 2.91. The van der Waals surface area contributed by atoms with E-state index in [0.29, 0.717) is 18.9 Å². The summed E-state index contributed by atoms with van der Waals surface area (Å²) in [6, 6.07) is 0. The lowest BCUT2D eigenvalue weighted by atomic mass is 9.91. The van der Waals surface area contributed by atoms with Gasteiger partial charge in [-0.2, -0.15) is 0 Å². The Balaban J connectivity index is 1.79. The van der Waals surface area contributed by atoms with E-state index in [1.54, 1.807) is 0 Å². The molecule has 27 heavy (non-hydrogen) atoms. The molecule has 1 aliphatic carbocycles. The van der Waals surface area contributed by atoms with Crippen molar-refractivity contribution in [3.63, 3.8) is 0 Å². The molecule has 2 rings (SSSR count). The van der Waals surface area contributed by atoms with Gasteiger partial charge in [0.25, 0.3) is 0 Å². The van der Waals surface area contributed by atoms with E-state index >= 15 is 0 Å². The number of carbonyl (C=O) groups is 2. The Kier molecular flexibility index (Phi) is 9.84. The molecule has 0 amide bonds. The molecule has 1 saturated heterocycles. The van der Waals surface area contributed by atoms with Crippen LogP contribution in [0, 0.1) is 11.8 Å². The largest absolute Gasteiger partial charge is 0.469 e. The summed E-state index contributed by atoms with van der Waals surface area (Å²) in [5, 5.41) is 0. The number of rotatable bonds is 10. The van der Waals surface area contributed by atoms with Crippen LogP contribution in [-0.4, -0.2) is 44.7 Å². The molecule has 1 unspecified atom stereocenters. The van der Waals surface area contributed by atoms with Crippen molar-refractivity contribution in [3.05, 3.63) is 12.2 Å². The second kappa shape index (κ2) is 12.1. The van der Waals surface area contributed by atoms with Crippen LogP contribution in [0.25, 0.3) is 0 Å². The number of hydrogen-bond donors (Lipinski definition) is 0. The summed E-state index contributed by atoms with van der Waals surface area (Å²) in [5.74, 6) is 0.259. The fourth-order valence-electron chi connectivity index (χ4n) is 3.93. The first-order chi connectivity index (χ1) is 13.1. The first-order valence-electron chi connectivity index (χ1n) is 10.2. The Bertz CT molecular complexity index is 483. The summed E-state index contributed by atoms with van der Waals surface area (Å²) in [5.41, 5.74) is 0. The molecule has 0 aromatic heterocycles. The first kappa shape index (κ1) is 21.9. The molecular formula is C21H34O6. The van der Waals surface area contributed by atoms with Crippen LogP contribution >= 0.6 is 0 Å². The summed E-state index contributed by atoms with van der Waals surface area (Å²) >= 11 is 0. The summed E-state index contributed by atoms with van der Waals surface area (Å²) in [6.07, 6.45) is 12.2. The third-order valence-corrected chi connectivity index (χ3v) is 5.41. The van der Waals surface area contributed by atoms with Gasteiger partial charge in [0.1, 0.15) is 6.10 Å². The number of unbranched alkanes of at least 4 members (excludes halogenated alkanes) is 1. The highest BCUT2D eigenvalue weighted by Gasteiger charge is 2.37. The van der Waals surface area contributed by atoms with Crippen molar-refractivity contribution in [1.82, 2.24) is 0 Å². The number of allylic oxidation sites excluding steroid dienone is 2. The fraction of sp³-hybridized carbons (Fsp3) is 0.810. The second-order valence-electron chi connectivity index (χ2n) is 7.45. The standard InChI is InChI=1S/C21H34O6/c1-16(22)27-19-13-12-17(15-26-21-11-7-8-14-25-21)18(19)9-5-3-4-6-10-20(23)24-2/h3,5,17-19,21H,4,6-15H2,1-2H3/b5-3-/t17-,18+,19-,21?/m0/s1. The molecule has 0 spiro atoms. The lowest BCUT2D eigenvalue weighted by Crippen LogP contribution is -2.29. The Morgan fingerprint density at radius 3 is 2.70 bits per heavy atom. The van der Waals surface area contributed by atoms with Gasteiger partial charge in [-0.3, -0.25) is 9.59 Å². The van der Waals surface area contributed by atoms with Gasteiger partial charge in [-0.25, -0.2) is 0 Å². The van der Waals surface area contributed by atoms with Crippen molar-refractivity contribution in [2.45, 2.75) is 77.1 Å². The Morgan fingerprint density at radius 1 is 1.15 bits per heavy atom. The Hall–Kier alpha value is -1.40. The summed E-state index contributed by atoms with van der Waals surface area (Å²) < 4.78 is 21.8. The normalized spacial score (nSPS) is 28.4. The SMILES string of the molecule is COC(=O)CCC/C=C\C[C@@H]1[C@H](COC2CCCCO2)CC[C@@H]1OC(C)=O. The molecule has 2 aliphatic rings. The minimum atomic E-state index is -0.218. The number of methoxy groups -OCH3 is 1. The van der Waals surface area contributed by atoms with Gasteiger partial charge in [0, 0.05) is 25.9 Å². The van der Waals surface area contributed by atoms with Crippen molar-refractivity contribution < 1.29 is 28.5 Å². The van der Waals surface area contributed by atoms with Crippen LogP contribution in [0.4, 0.5) is 0 Å². The zero-order valence-corrected chi connectivity index (χ0v) is 16.7. The molecular weight excluding hydrogens is 348 g/mol. The molecule has 6 nitrogen and oxygen atoms in total. The smallest absolute Gasteiger partial charge is 0.305 e. The van der Waals surface area contributed by atoms with Gasteiger partial charge >= 0.3 is 11.9 Å². The number of hydrogen-bond acceptors (Lipinski definition) is 6. The molecule has 0 radical (unpaired) electrons. The fourth-order valence-corrected chi connectivity index (χ4v) is 3.93.